The molecule has 0 fully saturated rings. The van der Waals surface area contributed by atoms with Gasteiger partial charge in [0.2, 0.25) is 5.43 Å². The first-order chi connectivity index (χ1) is 6.99. The van der Waals surface area contributed by atoms with Crippen molar-refractivity contribution >= 4 is 17.6 Å². The predicted octanol–water partition coefficient (Wildman–Crippen LogP) is 1.75. The number of methoxy groups -OCH3 is 1. The second-order valence-corrected chi connectivity index (χ2v) is 2.93. The summed E-state index contributed by atoms with van der Waals surface area (Å²) in [5.74, 6) is -1.05. The van der Waals surface area contributed by atoms with E-state index in [0.29, 0.717) is 0 Å². The number of carbonyl (C=O) groups excluding carboxylic acids is 1. The van der Waals surface area contributed by atoms with Crippen LogP contribution in [0, 0.1) is 0 Å². The minimum Gasteiger partial charge on any atom is -0.465 e. The Morgan fingerprint density at radius 1 is 1.60 bits per heavy atom. The highest BCUT2D eigenvalue weighted by atomic mass is 35.5. The fourth-order valence-corrected chi connectivity index (χ4v) is 1.19. The van der Waals surface area contributed by atoms with Crippen LogP contribution in [-0.2, 0) is 4.74 Å². The number of halogens is 3. The van der Waals surface area contributed by atoms with E-state index in [2.05, 4.69) is 9.72 Å². The van der Waals surface area contributed by atoms with Crippen molar-refractivity contribution in [2.75, 3.05) is 7.11 Å². The van der Waals surface area contributed by atoms with E-state index < -0.39 is 29.0 Å². The van der Waals surface area contributed by atoms with Gasteiger partial charge in [0.05, 0.1) is 12.7 Å². The lowest BCUT2D eigenvalue weighted by Gasteiger charge is -2.04. The van der Waals surface area contributed by atoms with Gasteiger partial charge in [-0.05, 0) is 0 Å². The van der Waals surface area contributed by atoms with E-state index in [4.69, 9.17) is 11.6 Å². The number of nitrogens with one attached hydrogen (secondary N) is 1. The lowest BCUT2D eigenvalue weighted by atomic mass is 10.2. The predicted molar refractivity (Wildman–Crippen MR) is 48.4 cm³/mol. The van der Waals surface area contributed by atoms with E-state index in [-0.39, 0.29) is 5.15 Å². The minimum atomic E-state index is -2.98. The van der Waals surface area contributed by atoms with Crippen LogP contribution in [0.5, 0.6) is 0 Å². The topological polar surface area (TPSA) is 59.2 Å². The molecule has 15 heavy (non-hydrogen) atoms. The third-order valence-corrected chi connectivity index (χ3v) is 1.99. The number of hydrogen-bond acceptors (Lipinski definition) is 3. The van der Waals surface area contributed by atoms with Crippen molar-refractivity contribution in [3.8, 4) is 0 Å². The Morgan fingerprint density at radius 2 is 2.20 bits per heavy atom. The first kappa shape index (κ1) is 11.6. The fraction of sp³-hybridized carbons (Fsp3) is 0.250. The monoisotopic (exact) mass is 237 g/mol. The highest BCUT2D eigenvalue weighted by Crippen LogP contribution is 2.17. The van der Waals surface area contributed by atoms with Crippen LogP contribution in [0.2, 0.25) is 5.15 Å². The number of H-pyrrole nitrogens is 1. The van der Waals surface area contributed by atoms with Crippen LogP contribution < -0.4 is 5.43 Å². The van der Waals surface area contributed by atoms with Gasteiger partial charge in [0, 0.05) is 6.20 Å². The Labute approximate surface area is 87.8 Å². The van der Waals surface area contributed by atoms with E-state index in [1.54, 1.807) is 0 Å². The third kappa shape index (κ3) is 2.15. The Hall–Kier alpha value is -1.43. The molecule has 0 unspecified atom stereocenters. The smallest absolute Gasteiger partial charge is 0.344 e. The minimum absolute atomic E-state index is 0.323. The zero-order valence-electron chi connectivity index (χ0n) is 7.51. The number of hydrogen-bond donors (Lipinski definition) is 1. The Morgan fingerprint density at radius 3 is 2.67 bits per heavy atom. The number of aromatic amines is 1. The molecule has 0 amide bonds. The Kier molecular flexibility index (Phi) is 3.41. The summed E-state index contributed by atoms with van der Waals surface area (Å²) in [5.41, 5.74) is -2.56. The summed E-state index contributed by atoms with van der Waals surface area (Å²) in [6.45, 7) is 0. The van der Waals surface area contributed by atoms with Crippen LogP contribution in [0.3, 0.4) is 0 Å². The molecule has 0 radical (unpaired) electrons. The zero-order valence-corrected chi connectivity index (χ0v) is 8.27. The molecular formula is C8H6ClF2NO3. The molecule has 0 aromatic carbocycles. The maximum Gasteiger partial charge on any atom is 0.344 e. The van der Waals surface area contributed by atoms with Gasteiger partial charge in [0.15, 0.2) is 0 Å². The second kappa shape index (κ2) is 4.39. The summed E-state index contributed by atoms with van der Waals surface area (Å²) >= 11 is 5.48. The molecular weight excluding hydrogens is 232 g/mol. The van der Waals surface area contributed by atoms with E-state index in [1.807, 2.05) is 0 Å². The molecule has 1 N–H and O–H groups in total. The van der Waals surface area contributed by atoms with Crippen LogP contribution in [0.25, 0.3) is 0 Å². The lowest BCUT2D eigenvalue weighted by molar-refractivity contribution is 0.0598. The van der Waals surface area contributed by atoms with Crippen LogP contribution in [-0.4, -0.2) is 18.1 Å². The van der Waals surface area contributed by atoms with Gasteiger partial charge in [-0.15, -0.1) is 0 Å². The molecule has 82 valence electrons. The summed E-state index contributed by atoms with van der Waals surface area (Å²) in [7, 11) is 1.02. The van der Waals surface area contributed by atoms with Gasteiger partial charge in [-0.1, -0.05) is 11.6 Å². The maximum atomic E-state index is 12.3. The number of ether oxygens (including phenoxy) is 1. The molecule has 1 heterocycles. The largest absolute Gasteiger partial charge is 0.465 e. The summed E-state index contributed by atoms with van der Waals surface area (Å²) in [6.07, 6.45) is -2.21. The normalized spacial score (nSPS) is 10.5. The van der Waals surface area contributed by atoms with Crippen molar-refractivity contribution in [1.82, 2.24) is 4.98 Å². The van der Waals surface area contributed by atoms with Gasteiger partial charge in [-0.2, -0.15) is 0 Å². The third-order valence-electron chi connectivity index (χ3n) is 1.69. The van der Waals surface area contributed by atoms with Crippen LogP contribution in [0.1, 0.15) is 22.3 Å². The van der Waals surface area contributed by atoms with Crippen LogP contribution in [0.15, 0.2) is 11.0 Å². The van der Waals surface area contributed by atoms with Crippen LogP contribution in [0.4, 0.5) is 8.78 Å². The molecule has 0 atom stereocenters. The molecule has 7 heteroatoms. The van der Waals surface area contributed by atoms with Gasteiger partial charge >= 0.3 is 5.97 Å². The van der Waals surface area contributed by atoms with Crippen molar-refractivity contribution in [2.24, 2.45) is 0 Å². The van der Waals surface area contributed by atoms with Crippen molar-refractivity contribution in [2.45, 2.75) is 6.43 Å². The molecule has 1 aromatic heterocycles. The average molecular weight is 238 g/mol. The van der Waals surface area contributed by atoms with Crippen molar-refractivity contribution in [1.29, 1.82) is 0 Å². The molecule has 0 aliphatic heterocycles. The highest BCUT2D eigenvalue weighted by Gasteiger charge is 2.22. The molecule has 0 saturated heterocycles. The highest BCUT2D eigenvalue weighted by molar-refractivity contribution is 6.32. The van der Waals surface area contributed by atoms with Gasteiger partial charge < -0.3 is 9.72 Å². The van der Waals surface area contributed by atoms with E-state index in [1.165, 1.54) is 0 Å². The average Bonchev–Trinajstić information content (AvgIpc) is 2.16. The summed E-state index contributed by atoms with van der Waals surface area (Å²) < 4.78 is 28.8. The Bertz CT molecular complexity index is 444. The molecule has 4 nitrogen and oxygen atoms in total. The molecule has 0 aliphatic rings. The molecule has 0 bridgehead atoms. The number of carbonyl (C=O) groups is 1. The SMILES string of the molecule is COC(=O)c1c(Cl)[nH]cc(C(F)F)c1=O. The van der Waals surface area contributed by atoms with Gasteiger partial charge in [0.1, 0.15) is 10.7 Å². The molecule has 1 aromatic rings. The number of rotatable bonds is 2. The number of esters is 1. The number of pyridine rings is 1. The van der Waals surface area contributed by atoms with E-state index in [9.17, 15) is 18.4 Å². The van der Waals surface area contributed by atoms with Crippen molar-refractivity contribution in [3.63, 3.8) is 0 Å². The fourth-order valence-electron chi connectivity index (χ4n) is 0.969. The lowest BCUT2D eigenvalue weighted by Crippen LogP contribution is -2.21. The van der Waals surface area contributed by atoms with E-state index in [0.717, 1.165) is 13.3 Å². The van der Waals surface area contributed by atoms with Crippen molar-refractivity contribution in [3.05, 3.63) is 32.7 Å². The summed E-state index contributed by atoms with van der Waals surface area (Å²) in [4.78, 5) is 24.6. The second-order valence-electron chi connectivity index (χ2n) is 2.55. The number of aromatic nitrogens is 1. The van der Waals surface area contributed by atoms with Gasteiger partial charge in [-0.25, -0.2) is 13.6 Å². The zero-order chi connectivity index (χ0) is 11.6. The Balaban J connectivity index is 3.44. The molecule has 0 aliphatic carbocycles. The summed E-state index contributed by atoms with van der Waals surface area (Å²) in [6, 6.07) is 0. The van der Waals surface area contributed by atoms with Gasteiger partial charge in [-0.3, -0.25) is 4.79 Å². The maximum absolute atomic E-state index is 12.3. The van der Waals surface area contributed by atoms with Crippen LogP contribution >= 0.6 is 11.6 Å². The number of alkyl halides is 2. The first-order valence-corrected chi connectivity index (χ1v) is 4.14. The van der Waals surface area contributed by atoms with E-state index >= 15 is 0 Å². The van der Waals surface area contributed by atoms with Gasteiger partial charge in [0.25, 0.3) is 6.43 Å². The van der Waals surface area contributed by atoms with Crippen molar-refractivity contribution < 1.29 is 18.3 Å². The molecule has 0 spiro atoms. The molecule has 1 rings (SSSR count). The quantitative estimate of drug-likeness (QED) is 0.630. The summed E-state index contributed by atoms with van der Waals surface area (Å²) in [5, 5.41) is -0.323. The molecule has 0 saturated carbocycles. The first-order valence-electron chi connectivity index (χ1n) is 3.76. The standard InChI is InChI=1S/C8H6ClF2NO3/c1-15-8(14)4-5(13)3(7(10)11)2-12-6(4)9/h2,7H,1H3,(H,12,13).